The maximum atomic E-state index is 12.6. The van der Waals surface area contributed by atoms with E-state index in [0.717, 1.165) is 6.42 Å². The smallest absolute Gasteiger partial charge is 0.397 e. The van der Waals surface area contributed by atoms with Gasteiger partial charge in [-0.15, -0.1) is 0 Å². The topological polar surface area (TPSA) is 66.9 Å². The van der Waals surface area contributed by atoms with Crippen LogP contribution in [0.1, 0.15) is 24.8 Å². The molecule has 128 valence electrons. The highest BCUT2D eigenvalue weighted by Gasteiger charge is 2.46. The highest BCUT2D eigenvalue weighted by Crippen LogP contribution is 2.48. The molecule has 1 aromatic carbocycles. The molecule has 0 spiro atoms. The fourth-order valence-corrected chi connectivity index (χ4v) is 3.22. The van der Waals surface area contributed by atoms with Crippen molar-refractivity contribution in [2.75, 3.05) is 32.8 Å². The van der Waals surface area contributed by atoms with Gasteiger partial charge >= 0.3 is 11.9 Å². The van der Waals surface area contributed by atoms with Crippen molar-refractivity contribution in [3.05, 3.63) is 35.9 Å². The van der Waals surface area contributed by atoms with Crippen LogP contribution in [0.4, 0.5) is 0 Å². The number of ether oxygens (including phenoxy) is 1. The van der Waals surface area contributed by atoms with Gasteiger partial charge in [-0.05, 0) is 24.8 Å². The SMILES string of the molecule is CCOC(=O)C(=O)N1CCN(C(=O)[C@H]2C[C@H]2c2ccccc2)CC1. The Morgan fingerprint density at radius 3 is 2.29 bits per heavy atom. The molecule has 0 unspecified atom stereocenters. The number of benzene rings is 1. The molecule has 2 fully saturated rings. The number of hydrogen-bond acceptors (Lipinski definition) is 4. The summed E-state index contributed by atoms with van der Waals surface area (Å²) in [6.45, 7) is 3.56. The van der Waals surface area contributed by atoms with Crippen molar-refractivity contribution in [1.82, 2.24) is 9.80 Å². The minimum Gasteiger partial charge on any atom is -0.459 e. The molecule has 6 heteroatoms. The van der Waals surface area contributed by atoms with Gasteiger partial charge in [0.15, 0.2) is 0 Å². The first-order chi connectivity index (χ1) is 11.6. The van der Waals surface area contributed by atoms with E-state index >= 15 is 0 Å². The third-order valence-corrected chi connectivity index (χ3v) is 4.66. The second-order valence-electron chi connectivity index (χ2n) is 6.20. The Labute approximate surface area is 141 Å². The van der Waals surface area contributed by atoms with Crippen LogP contribution in [0.2, 0.25) is 0 Å². The molecule has 1 saturated carbocycles. The lowest BCUT2D eigenvalue weighted by Crippen LogP contribution is -2.52. The van der Waals surface area contributed by atoms with Crippen molar-refractivity contribution in [2.45, 2.75) is 19.3 Å². The van der Waals surface area contributed by atoms with E-state index in [9.17, 15) is 14.4 Å². The van der Waals surface area contributed by atoms with Crippen LogP contribution in [0.5, 0.6) is 0 Å². The van der Waals surface area contributed by atoms with E-state index in [2.05, 4.69) is 12.1 Å². The predicted octanol–water partition coefficient (Wildman–Crippen LogP) is 1.02. The zero-order valence-electron chi connectivity index (χ0n) is 13.8. The van der Waals surface area contributed by atoms with Crippen LogP contribution in [0, 0.1) is 5.92 Å². The molecule has 6 nitrogen and oxygen atoms in total. The van der Waals surface area contributed by atoms with E-state index in [-0.39, 0.29) is 18.4 Å². The number of esters is 1. The van der Waals surface area contributed by atoms with E-state index < -0.39 is 11.9 Å². The van der Waals surface area contributed by atoms with Gasteiger partial charge < -0.3 is 14.5 Å². The molecule has 24 heavy (non-hydrogen) atoms. The number of rotatable bonds is 3. The van der Waals surface area contributed by atoms with Gasteiger partial charge in [-0.1, -0.05) is 30.3 Å². The second kappa shape index (κ2) is 7.03. The number of piperazine rings is 1. The van der Waals surface area contributed by atoms with Gasteiger partial charge in [0.1, 0.15) is 0 Å². The molecule has 0 N–H and O–H groups in total. The fraction of sp³-hybridized carbons (Fsp3) is 0.500. The molecular weight excluding hydrogens is 308 g/mol. The molecular formula is C18H22N2O4. The van der Waals surface area contributed by atoms with Crippen LogP contribution in [0.25, 0.3) is 0 Å². The number of amides is 2. The Morgan fingerprint density at radius 1 is 1.04 bits per heavy atom. The molecule has 2 amide bonds. The van der Waals surface area contributed by atoms with Crippen LogP contribution in [0.15, 0.2) is 30.3 Å². The molecule has 0 bridgehead atoms. The Balaban J connectivity index is 1.50. The van der Waals surface area contributed by atoms with Gasteiger partial charge in [0.05, 0.1) is 6.61 Å². The van der Waals surface area contributed by atoms with Gasteiger partial charge in [-0.25, -0.2) is 4.79 Å². The van der Waals surface area contributed by atoms with Crippen molar-refractivity contribution in [1.29, 1.82) is 0 Å². The zero-order valence-corrected chi connectivity index (χ0v) is 13.8. The quantitative estimate of drug-likeness (QED) is 0.613. The molecule has 3 rings (SSSR count). The first-order valence-corrected chi connectivity index (χ1v) is 8.41. The summed E-state index contributed by atoms with van der Waals surface area (Å²) in [5, 5.41) is 0. The molecule has 2 aliphatic rings. The molecule has 1 aliphatic carbocycles. The minimum absolute atomic E-state index is 0.0553. The molecule has 2 atom stereocenters. The van der Waals surface area contributed by atoms with Crippen molar-refractivity contribution < 1.29 is 19.1 Å². The summed E-state index contributed by atoms with van der Waals surface area (Å²) in [7, 11) is 0. The van der Waals surface area contributed by atoms with Crippen LogP contribution >= 0.6 is 0 Å². The summed E-state index contributed by atoms with van der Waals surface area (Å²) < 4.78 is 4.73. The highest BCUT2D eigenvalue weighted by atomic mass is 16.5. The lowest BCUT2D eigenvalue weighted by molar-refractivity contribution is -0.161. The third-order valence-electron chi connectivity index (χ3n) is 4.66. The summed E-state index contributed by atoms with van der Waals surface area (Å²) in [4.78, 5) is 39.2. The van der Waals surface area contributed by atoms with Crippen molar-refractivity contribution >= 4 is 17.8 Å². The van der Waals surface area contributed by atoms with Crippen molar-refractivity contribution in [3.63, 3.8) is 0 Å². The van der Waals surface area contributed by atoms with Crippen LogP contribution in [-0.2, 0) is 19.1 Å². The van der Waals surface area contributed by atoms with Gasteiger partial charge in [-0.3, -0.25) is 9.59 Å². The van der Waals surface area contributed by atoms with Crippen molar-refractivity contribution in [2.24, 2.45) is 5.92 Å². The summed E-state index contributed by atoms with van der Waals surface area (Å²) >= 11 is 0. The molecule has 1 saturated heterocycles. The summed E-state index contributed by atoms with van der Waals surface area (Å²) in [6.07, 6.45) is 0.894. The van der Waals surface area contributed by atoms with Gasteiger partial charge in [0, 0.05) is 32.1 Å². The van der Waals surface area contributed by atoms with Crippen molar-refractivity contribution in [3.8, 4) is 0 Å². The van der Waals surface area contributed by atoms with Crippen LogP contribution in [0.3, 0.4) is 0 Å². The van der Waals surface area contributed by atoms with E-state index in [0.29, 0.717) is 32.1 Å². The summed E-state index contributed by atoms with van der Waals surface area (Å²) in [5.41, 5.74) is 1.21. The first-order valence-electron chi connectivity index (χ1n) is 8.41. The Hall–Kier alpha value is -2.37. The predicted molar refractivity (Wildman–Crippen MR) is 87.1 cm³/mol. The number of nitrogens with zero attached hydrogens (tertiary/aromatic N) is 2. The molecule has 1 aromatic rings. The third kappa shape index (κ3) is 3.42. The second-order valence-corrected chi connectivity index (χ2v) is 6.20. The van der Waals surface area contributed by atoms with E-state index in [1.165, 1.54) is 10.5 Å². The normalized spacial score (nSPS) is 22.9. The van der Waals surface area contributed by atoms with Gasteiger partial charge in [-0.2, -0.15) is 0 Å². The largest absolute Gasteiger partial charge is 0.459 e. The maximum absolute atomic E-state index is 12.6. The number of hydrogen-bond donors (Lipinski definition) is 0. The summed E-state index contributed by atoms with van der Waals surface area (Å²) in [6, 6.07) is 10.1. The fourth-order valence-electron chi connectivity index (χ4n) is 3.22. The Kier molecular flexibility index (Phi) is 4.83. The lowest BCUT2D eigenvalue weighted by Gasteiger charge is -2.34. The molecule has 0 radical (unpaired) electrons. The standard InChI is InChI=1S/C18H22N2O4/c1-2-24-18(23)17(22)20-10-8-19(9-11-20)16(21)15-12-14(15)13-6-4-3-5-7-13/h3-7,14-15H,2,8-12H2,1H3/t14-,15-/m0/s1. The Bertz CT molecular complexity index is 623. The minimum atomic E-state index is -0.816. The van der Waals surface area contributed by atoms with E-state index in [4.69, 9.17) is 4.74 Å². The molecule has 0 aromatic heterocycles. The van der Waals surface area contributed by atoms with Gasteiger partial charge in [0.2, 0.25) is 5.91 Å². The van der Waals surface area contributed by atoms with Crippen LogP contribution in [-0.4, -0.2) is 60.4 Å². The average molecular weight is 330 g/mol. The average Bonchev–Trinajstić information content (AvgIpc) is 3.42. The van der Waals surface area contributed by atoms with Crippen LogP contribution < -0.4 is 0 Å². The van der Waals surface area contributed by atoms with E-state index in [1.807, 2.05) is 23.1 Å². The molecule has 1 aliphatic heterocycles. The van der Waals surface area contributed by atoms with E-state index in [1.54, 1.807) is 6.92 Å². The first kappa shape index (κ1) is 16.5. The monoisotopic (exact) mass is 330 g/mol. The molecule has 1 heterocycles. The summed E-state index contributed by atoms with van der Waals surface area (Å²) in [5.74, 6) is -0.897. The zero-order chi connectivity index (χ0) is 17.1. The number of carbonyl (C=O) groups is 3. The highest BCUT2D eigenvalue weighted by molar-refractivity contribution is 6.32. The Morgan fingerprint density at radius 2 is 1.67 bits per heavy atom. The number of carbonyl (C=O) groups excluding carboxylic acids is 3. The maximum Gasteiger partial charge on any atom is 0.397 e. The lowest BCUT2D eigenvalue weighted by atomic mass is 10.1. The van der Waals surface area contributed by atoms with Gasteiger partial charge in [0.25, 0.3) is 0 Å².